The van der Waals surface area contributed by atoms with Gasteiger partial charge in [0.1, 0.15) is 23.5 Å². The molecule has 4 rings (SSSR count). The van der Waals surface area contributed by atoms with Gasteiger partial charge in [0.15, 0.2) is 5.15 Å². The van der Waals surface area contributed by atoms with Crippen molar-refractivity contribution in [1.29, 1.82) is 0 Å². The molecule has 1 saturated heterocycles. The van der Waals surface area contributed by atoms with E-state index in [1.54, 1.807) is 25.3 Å². The van der Waals surface area contributed by atoms with Crippen LogP contribution in [0.5, 0.6) is 11.6 Å². The quantitative estimate of drug-likeness (QED) is 0.541. The molecule has 1 aromatic heterocycles. The highest BCUT2D eigenvalue weighted by atomic mass is 35.5. The molecule has 0 unspecified atom stereocenters. The number of carbonyl (C=O) groups is 1. The summed E-state index contributed by atoms with van der Waals surface area (Å²) in [6.45, 7) is 6.03. The van der Waals surface area contributed by atoms with E-state index in [0.29, 0.717) is 29.7 Å². The molecule has 33 heavy (non-hydrogen) atoms. The Labute approximate surface area is 198 Å². The van der Waals surface area contributed by atoms with Gasteiger partial charge < -0.3 is 19.5 Å². The molecule has 3 atom stereocenters. The smallest absolute Gasteiger partial charge is 0.324 e. The molecule has 0 amide bonds. The van der Waals surface area contributed by atoms with Gasteiger partial charge in [0, 0.05) is 18.5 Å². The van der Waals surface area contributed by atoms with E-state index >= 15 is 0 Å². The van der Waals surface area contributed by atoms with Gasteiger partial charge in [-0.1, -0.05) is 41.9 Å². The summed E-state index contributed by atoms with van der Waals surface area (Å²) in [5.74, 6) is 0.419. The highest BCUT2D eigenvalue weighted by Gasteiger charge is 2.43. The molecule has 2 heterocycles. The van der Waals surface area contributed by atoms with E-state index in [0.717, 1.165) is 5.56 Å². The Morgan fingerprint density at radius 1 is 1.12 bits per heavy atom. The fourth-order valence-corrected chi connectivity index (χ4v) is 4.17. The van der Waals surface area contributed by atoms with E-state index in [9.17, 15) is 4.79 Å². The third-order valence-corrected chi connectivity index (χ3v) is 5.73. The monoisotopic (exact) mass is 469 g/mol. The van der Waals surface area contributed by atoms with Gasteiger partial charge in [-0.05, 0) is 44.9 Å². The summed E-state index contributed by atoms with van der Waals surface area (Å²) in [6, 6.07) is 14.9. The summed E-state index contributed by atoms with van der Waals surface area (Å²) in [4.78, 5) is 22.0. The lowest BCUT2D eigenvalue weighted by Crippen LogP contribution is -2.42. The number of hydrogen-bond acceptors (Lipinski definition) is 7. The highest BCUT2D eigenvalue weighted by Crippen LogP contribution is 2.31. The second-order valence-corrected chi connectivity index (χ2v) is 9.46. The predicted octanol–water partition coefficient (Wildman–Crippen LogP) is 4.21. The first-order chi connectivity index (χ1) is 15.7. The number of esters is 1. The van der Waals surface area contributed by atoms with E-state index in [-0.39, 0.29) is 29.0 Å². The first-order valence-corrected chi connectivity index (χ1v) is 11.3. The molecule has 0 aliphatic carbocycles. The van der Waals surface area contributed by atoms with Crippen molar-refractivity contribution < 1.29 is 19.0 Å². The van der Waals surface area contributed by atoms with Crippen LogP contribution < -0.4 is 14.8 Å². The van der Waals surface area contributed by atoms with Crippen molar-refractivity contribution in [1.82, 2.24) is 15.3 Å². The zero-order valence-electron chi connectivity index (χ0n) is 19.2. The van der Waals surface area contributed by atoms with Crippen LogP contribution in [0.15, 0.2) is 48.5 Å². The second kappa shape index (κ2) is 9.53. The van der Waals surface area contributed by atoms with Crippen molar-refractivity contribution in [3.63, 3.8) is 0 Å². The minimum absolute atomic E-state index is 0.173. The first-order valence-electron chi connectivity index (χ1n) is 10.9. The molecule has 1 fully saturated rings. The van der Waals surface area contributed by atoms with Crippen LogP contribution in [0.1, 0.15) is 26.3 Å². The average molecular weight is 470 g/mol. The molecule has 7 nitrogen and oxygen atoms in total. The van der Waals surface area contributed by atoms with Crippen molar-refractivity contribution in [2.75, 3.05) is 13.7 Å². The number of methoxy groups -OCH3 is 1. The zero-order chi connectivity index (χ0) is 23.6. The van der Waals surface area contributed by atoms with Crippen LogP contribution in [0.2, 0.25) is 5.15 Å². The van der Waals surface area contributed by atoms with Crippen LogP contribution in [0.3, 0.4) is 0 Å². The summed E-state index contributed by atoms with van der Waals surface area (Å²) in [7, 11) is 1.59. The third kappa shape index (κ3) is 5.54. The normalized spacial score (nSPS) is 20.6. The van der Waals surface area contributed by atoms with Gasteiger partial charge in [-0.2, -0.15) is 0 Å². The minimum atomic E-state index is -0.582. The predicted molar refractivity (Wildman–Crippen MR) is 127 cm³/mol. The maximum atomic E-state index is 13.0. The van der Waals surface area contributed by atoms with Crippen molar-refractivity contribution in [2.45, 2.75) is 44.9 Å². The Kier molecular flexibility index (Phi) is 6.72. The summed E-state index contributed by atoms with van der Waals surface area (Å²) < 4.78 is 17.2. The molecule has 0 saturated carbocycles. The third-order valence-electron chi connectivity index (χ3n) is 5.48. The molecular formula is C25H28ClN3O4. The van der Waals surface area contributed by atoms with Gasteiger partial charge in [0.25, 0.3) is 5.88 Å². The SMILES string of the molecule is COc1ccc2nc(Cl)c(O[C@H]3CN[C@H](C(=O)OC(C)(C)C)[C@@H]3Cc3ccccc3)nc2c1. The van der Waals surface area contributed by atoms with Crippen LogP contribution in [0.25, 0.3) is 11.0 Å². The Balaban J connectivity index is 1.62. The molecule has 8 heteroatoms. The lowest BCUT2D eigenvalue weighted by Gasteiger charge is -2.27. The number of nitrogens with zero attached hydrogens (tertiary/aromatic N) is 2. The van der Waals surface area contributed by atoms with E-state index in [2.05, 4.69) is 15.3 Å². The number of benzene rings is 2. The number of fused-ring (bicyclic) bond motifs is 1. The molecule has 1 aliphatic rings. The van der Waals surface area contributed by atoms with Crippen molar-refractivity contribution >= 4 is 28.6 Å². The fraction of sp³-hybridized carbons (Fsp3) is 0.400. The number of rotatable bonds is 6. The highest BCUT2D eigenvalue weighted by molar-refractivity contribution is 6.31. The number of nitrogens with one attached hydrogen (secondary N) is 1. The molecular weight excluding hydrogens is 442 g/mol. The van der Waals surface area contributed by atoms with Crippen LogP contribution in [-0.4, -0.2) is 47.3 Å². The van der Waals surface area contributed by atoms with Crippen LogP contribution >= 0.6 is 11.6 Å². The fourth-order valence-electron chi connectivity index (χ4n) is 3.99. The number of carbonyl (C=O) groups excluding carboxylic acids is 1. The molecule has 1 aliphatic heterocycles. The molecule has 0 bridgehead atoms. The van der Waals surface area contributed by atoms with Crippen LogP contribution in [0, 0.1) is 5.92 Å². The van der Waals surface area contributed by atoms with Gasteiger partial charge in [-0.3, -0.25) is 4.79 Å². The van der Waals surface area contributed by atoms with Gasteiger partial charge >= 0.3 is 5.97 Å². The average Bonchev–Trinajstić information content (AvgIpc) is 3.16. The lowest BCUT2D eigenvalue weighted by atomic mass is 9.90. The van der Waals surface area contributed by atoms with Gasteiger partial charge in [0.2, 0.25) is 0 Å². The summed E-state index contributed by atoms with van der Waals surface area (Å²) >= 11 is 6.41. The number of halogens is 1. The number of hydrogen-bond donors (Lipinski definition) is 1. The largest absolute Gasteiger partial charge is 0.497 e. The molecule has 0 radical (unpaired) electrons. The van der Waals surface area contributed by atoms with E-state index < -0.39 is 11.6 Å². The van der Waals surface area contributed by atoms with Crippen molar-refractivity contribution in [2.24, 2.45) is 5.92 Å². The Bertz CT molecular complexity index is 1130. The minimum Gasteiger partial charge on any atom is -0.497 e. The van der Waals surface area contributed by atoms with E-state index in [1.165, 1.54) is 0 Å². The zero-order valence-corrected chi connectivity index (χ0v) is 19.9. The molecule has 2 aromatic carbocycles. The lowest BCUT2D eigenvalue weighted by molar-refractivity contribution is -0.158. The molecule has 174 valence electrons. The Hall–Kier alpha value is -2.90. The summed E-state index contributed by atoms with van der Waals surface area (Å²) in [5.41, 5.74) is 1.78. The van der Waals surface area contributed by atoms with E-state index in [4.69, 9.17) is 25.8 Å². The molecule has 0 spiro atoms. The first kappa shape index (κ1) is 23.3. The number of ether oxygens (including phenoxy) is 3. The number of aromatic nitrogens is 2. The van der Waals surface area contributed by atoms with Gasteiger partial charge in [0.05, 0.1) is 18.1 Å². The molecule has 3 aromatic rings. The topological polar surface area (TPSA) is 82.6 Å². The van der Waals surface area contributed by atoms with Crippen LogP contribution in [-0.2, 0) is 16.0 Å². The Morgan fingerprint density at radius 2 is 1.88 bits per heavy atom. The molecule has 1 N–H and O–H groups in total. The van der Waals surface area contributed by atoms with Gasteiger partial charge in [-0.25, -0.2) is 9.97 Å². The second-order valence-electron chi connectivity index (χ2n) is 9.10. The van der Waals surface area contributed by atoms with E-state index in [1.807, 2.05) is 51.1 Å². The van der Waals surface area contributed by atoms with Crippen molar-refractivity contribution in [3.05, 3.63) is 59.2 Å². The van der Waals surface area contributed by atoms with Gasteiger partial charge in [-0.15, -0.1) is 0 Å². The maximum Gasteiger partial charge on any atom is 0.324 e. The van der Waals surface area contributed by atoms with Crippen LogP contribution in [0.4, 0.5) is 0 Å². The van der Waals surface area contributed by atoms with Crippen molar-refractivity contribution in [3.8, 4) is 11.6 Å². The standard InChI is InChI=1S/C25H28ClN3O4/c1-25(2,3)33-24(30)21-17(12-15-8-6-5-7-9-15)20(14-27-21)32-23-22(26)28-18-11-10-16(31-4)13-19(18)29-23/h5-11,13,17,20-21,27H,12,14H2,1-4H3/t17-,20+,21+/m1/s1. The summed E-state index contributed by atoms with van der Waals surface area (Å²) in [6.07, 6.45) is 0.284. The Morgan fingerprint density at radius 3 is 2.58 bits per heavy atom. The maximum absolute atomic E-state index is 13.0. The summed E-state index contributed by atoms with van der Waals surface area (Å²) in [5, 5.41) is 3.46.